The molecule has 2 aliphatic heterocycles. The summed E-state index contributed by atoms with van der Waals surface area (Å²) in [5, 5.41) is 12.4. The molecule has 2 fully saturated rings. The first kappa shape index (κ1) is 22.6. The van der Waals surface area contributed by atoms with Crippen molar-refractivity contribution >= 4 is 23.5 Å². The first-order valence-corrected chi connectivity index (χ1v) is 12.1. The molecule has 174 valence electrons. The third-order valence-electron chi connectivity index (χ3n) is 6.97. The molecule has 3 aromatic carbocycles. The molecule has 0 saturated carbocycles. The van der Waals surface area contributed by atoms with Crippen molar-refractivity contribution in [3.8, 4) is 11.1 Å². The maximum atomic E-state index is 13.6. The SMILES string of the molecule is CC1(c2cccc(-c3cccc(Cl)c3)c2)NC(=N)N(C[C@H]2CCN(Cc3ccccc3)C2)C1=O. The molecule has 34 heavy (non-hydrogen) atoms. The van der Waals surface area contributed by atoms with Gasteiger partial charge in [0.2, 0.25) is 0 Å². The minimum absolute atomic E-state index is 0.0674. The van der Waals surface area contributed by atoms with E-state index in [-0.39, 0.29) is 11.9 Å². The highest BCUT2D eigenvalue weighted by atomic mass is 35.5. The number of amides is 1. The van der Waals surface area contributed by atoms with Gasteiger partial charge in [0.1, 0.15) is 5.54 Å². The van der Waals surface area contributed by atoms with Crippen molar-refractivity contribution in [3.05, 3.63) is 95.0 Å². The number of halogens is 1. The lowest BCUT2D eigenvalue weighted by atomic mass is 9.89. The molecule has 5 nitrogen and oxygen atoms in total. The molecule has 6 heteroatoms. The Morgan fingerprint density at radius 2 is 1.76 bits per heavy atom. The first-order valence-electron chi connectivity index (χ1n) is 11.7. The summed E-state index contributed by atoms with van der Waals surface area (Å²) in [6.07, 6.45) is 1.03. The molecule has 1 unspecified atom stereocenters. The highest BCUT2D eigenvalue weighted by Crippen LogP contribution is 2.33. The molecule has 0 radical (unpaired) electrons. The quantitative estimate of drug-likeness (QED) is 0.524. The van der Waals surface area contributed by atoms with Crippen LogP contribution in [0.3, 0.4) is 0 Å². The molecule has 1 amide bonds. The monoisotopic (exact) mass is 472 g/mol. The van der Waals surface area contributed by atoms with Gasteiger partial charge in [-0.25, -0.2) is 0 Å². The lowest BCUT2D eigenvalue weighted by molar-refractivity contribution is -0.131. The molecule has 0 aliphatic carbocycles. The van der Waals surface area contributed by atoms with Crippen LogP contribution < -0.4 is 5.32 Å². The van der Waals surface area contributed by atoms with E-state index in [0.29, 0.717) is 17.5 Å². The molecule has 3 aromatic rings. The van der Waals surface area contributed by atoms with Crippen molar-refractivity contribution < 1.29 is 4.79 Å². The molecule has 2 saturated heterocycles. The van der Waals surface area contributed by atoms with Crippen molar-refractivity contribution in [2.24, 2.45) is 5.92 Å². The number of nitrogens with zero attached hydrogens (tertiary/aromatic N) is 2. The summed E-state index contributed by atoms with van der Waals surface area (Å²) >= 11 is 6.18. The second-order valence-electron chi connectivity index (χ2n) is 9.48. The molecule has 2 N–H and O–H groups in total. The largest absolute Gasteiger partial charge is 0.338 e. The lowest BCUT2D eigenvalue weighted by Gasteiger charge is -2.24. The van der Waals surface area contributed by atoms with Crippen molar-refractivity contribution in [3.63, 3.8) is 0 Å². The van der Waals surface area contributed by atoms with E-state index in [9.17, 15) is 4.79 Å². The van der Waals surface area contributed by atoms with Gasteiger partial charge in [-0.2, -0.15) is 0 Å². The molecule has 0 bridgehead atoms. The van der Waals surface area contributed by atoms with E-state index in [1.54, 1.807) is 4.90 Å². The van der Waals surface area contributed by atoms with Crippen LogP contribution in [0.5, 0.6) is 0 Å². The Labute approximate surface area is 205 Å². The van der Waals surface area contributed by atoms with Gasteiger partial charge in [-0.15, -0.1) is 0 Å². The zero-order chi connectivity index (χ0) is 23.7. The molecule has 2 heterocycles. The van der Waals surface area contributed by atoms with Crippen molar-refractivity contribution in [1.82, 2.24) is 15.1 Å². The Morgan fingerprint density at radius 3 is 2.53 bits per heavy atom. The van der Waals surface area contributed by atoms with Crippen LogP contribution in [0.1, 0.15) is 24.5 Å². The third kappa shape index (κ3) is 4.46. The van der Waals surface area contributed by atoms with Crippen LogP contribution in [-0.2, 0) is 16.9 Å². The van der Waals surface area contributed by atoms with Crippen LogP contribution in [0.25, 0.3) is 11.1 Å². The Hall–Kier alpha value is -3.15. The predicted molar refractivity (Wildman–Crippen MR) is 137 cm³/mol. The first-order chi connectivity index (χ1) is 16.4. The van der Waals surface area contributed by atoms with E-state index in [1.807, 2.05) is 61.5 Å². The molecule has 2 atom stereocenters. The summed E-state index contributed by atoms with van der Waals surface area (Å²) in [5.74, 6) is 0.472. The smallest absolute Gasteiger partial charge is 0.259 e. The van der Waals surface area contributed by atoms with Crippen molar-refractivity contribution in [1.29, 1.82) is 5.41 Å². The Morgan fingerprint density at radius 1 is 1.03 bits per heavy atom. The molecule has 0 spiro atoms. The summed E-state index contributed by atoms with van der Waals surface area (Å²) in [5.41, 5.74) is 3.18. The number of benzene rings is 3. The summed E-state index contributed by atoms with van der Waals surface area (Å²) in [4.78, 5) is 17.7. The van der Waals surface area contributed by atoms with Crippen LogP contribution >= 0.6 is 11.6 Å². The highest BCUT2D eigenvalue weighted by Gasteiger charge is 2.48. The Balaban J connectivity index is 1.29. The van der Waals surface area contributed by atoms with Crippen molar-refractivity contribution in [2.75, 3.05) is 19.6 Å². The zero-order valence-corrected chi connectivity index (χ0v) is 20.1. The fourth-order valence-electron chi connectivity index (χ4n) is 5.08. The number of guanidine groups is 1. The fourth-order valence-corrected chi connectivity index (χ4v) is 5.27. The predicted octanol–water partition coefficient (Wildman–Crippen LogP) is 5.11. The maximum Gasteiger partial charge on any atom is 0.259 e. The number of carbonyl (C=O) groups excluding carboxylic acids is 1. The van der Waals surface area contributed by atoms with E-state index >= 15 is 0 Å². The van der Waals surface area contributed by atoms with Gasteiger partial charge < -0.3 is 5.32 Å². The normalized spacial score (nSPS) is 22.9. The zero-order valence-electron chi connectivity index (χ0n) is 19.3. The van der Waals surface area contributed by atoms with Crippen LogP contribution in [-0.4, -0.2) is 41.3 Å². The van der Waals surface area contributed by atoms with E-state index in [4.69, 9.17) is 17.0 Å². The standard InChI is InChI=1S/C28H29ClN4O/c1-28(24-11-5-9-22(15-24)23-10-6-12-25(29)16-23)26(34)33(27(30)31-28)19-21-13-14-32(18-21)17-20-7-3-2-4-8-20/h2-12,15-16,21H,13-14,17-19H2,1H3,(H2,30,31)/t21-,28?/m0/s1. The average Bonchev–Trinajstić information content (AvgIpc) is 3.37. The van der Waals surface area contributed by atoms with E-state index in [2.05, 4.69) is 34.5 Å². The molecular formula is C28H29ClN4O. The Kier molecular flexibility index (Phi) is 6.15. The molecule has 2 aliphatic rings. The van der Waals surface area contributed by atoms with Gasteiger partial charge in [-0.1, -0.05) is 72.3 Å². The van der Waals surface area contributed by atoms with Crippen LogP contribution in [0.15, 0.2) is 78.9 Å². The number of nitrogens with one attached hydrogen (secondary N) is 2. The van der Waals surface area contributed by atoms with E-state index in [1.165, 1.54) is 5.56 Å². The molecule has 0 aromatic heterocycles. The minimum Gasteiger partial charge on any atom is -0.338 e. The van der Waals surface area contributed by atoms with E-state index < -0.39 is 5.54 Å². The van der Waals surface area contributed by atoms with Crippen molar-refractivity contribution in [2.45, 2.75) is 25.4 Å². The number of hydrogen-bond donors (Lipinski definition) is 2. The Bertz CT molecular complexity index is 1210. The second kappa shape index (κ2) is 9.24. The fraction of sp³-hybridized carbons (Fsp3) is 0.286. The summed E-state index contributed by atoms with van der Waals surface area (Å²) < 4.78 is 0. The average molecular weight is 473 g/mol. The van der Waals surface area contributed by atoms with Crippen LogP contribution in [0, 0.1) is 11.3 Å². The molecular weight excluding hydrogens is 444 g/mol. The van der Waals surface area contributed by atoms with Gasteiger partial charge in [0.05, 0.1) is 0 Å². The summed E-state index contributed by atoms with van der Waals surface area (Å²) in [6.45, 7) is 5.32. The van der Waals surface area contributed by atoms with Gasteiger partial charge >= 0.3 is 0 Å². The topological polar surface area (TPSA) is 59.4 Å². The van der Waals surface area contributed by atoms with Crippen LogP contribution in [0.4, 0.5) is 0 Å². The second-order valence-corrected chi connectivity index (χ2v) is 9.92. The molecule has 5 rings (SSSR count). The number of rotatable bonds is 6. The van der Waals surface area contributed by atoms with Gasteiger partial charge in [0.25, 0.3) is 5.91 Å². The maximum absolute atomic E-state index is 13.6. The lowest BCUT2D eigenvalue weighted by Crippen LogP contribution is -2.41. The number of hydrogen-bond acceptors (Lipinski definition) is 3. The minimum atomic E-state index is -0.964. The van der Waals surface area contributed by atoms with E-state index in [0.717, 1.165) is 42.7 Å². The van der Waals surface area contributed by atoms with Crippen LogP contribution in [0.2, 0.25) is 5.02 Å². The number of carbonyl (C=O) groups is 1. The van der Waals surface area contributed by atoms with Gasteiger partial charge in [0.15, 0.2) is 5.96 Å². The number of likely N-dealkylation sites (tertiary alicyclic amines) is 1. The highest BCUT2D eigenvalue weighted by molar-refractivity contribution is 6.30. The summed E-state index contributed by atoms with van der Waals surface area (Å²) in [7, 11) is 0. The van der Waals surface area contributed by atoms with Gasteiger partial charge in [-0.3, -0.25) is 20.0 Å². The van der Waals surface area contributed by atoms with Gasteiger partial charge in [0, 0.05) is 24.7 Å². The van der Waals surface area contributed by atoms with Gasteiger partial charge in [-0.05, 0) is 66.3 Å². The third-order valence-corrected chi connectivity index (χ3v) is 7.20. The summed E-state index contributed by atoms with van der Waals surface area (Å²) in [6, 6.07) is 26.1.